The fourth-order valence-corrected chi connectivity index (χ4v) is 2.60. The van der Waals surface area contributed by atoms with Gasteiger partial charge in [0, 0.05) is 13.1 Å². The Morgan fingerprint density at radius 3 is 2.38 bits per heavy atom. The molecule has 0 bridgehead atoms. The quantitative estimate of drug-likeness (QED) is 0.189. The van der Waals surface area contributed by atoms with Crippen LogP contribution < -0.4 is 28.3 Å². The Bertz CT molecular complexity index is 831. The minimum absolute atomic E-state index is 0.0443. The first kappa shape index (κ1) is 19.2. The van der Waals surface area contributed by atoms with Crippen LogP contribution in [-0.2, 0) is 16.1 Å². The summed E-state index contributed by atoms with van der Waals surface area (Å²) < 4.78 is 0. The number of hydrogen-bond donors (Lipinski definition) is 5. The van der Waals surface area contributed by atoms with E-state index in [-0.39, 0.29) is 25.5 Å². The first-order valence-corrected chi connectivity index (χ1v) is 8.23. The summed E-state index contributed by atoms with van der Waals surface area (Å²) >= 11 is 0. The molecule has 0 saturated heterocycles. The summed E-state index contributed by atoms with van der Waals surface area (Å²) in [6.07, 6.45) is 0.392. The van der Waals surface area contributed by atoms with Crippen molar-refractivity contribution in [2.75, 3.05) is 6.54 Å². The molecule has 0 aromatic heterocycles. The number of guanidine groups is 1. The van der Waals surface area contributed by atoms with Crippen molar-refractivity contribution in [3.8, 4) is 0 Å². The fraction of sp³-hybridized carbons (Fsp3) is 0.278. The van der Waals surface area contributed by atoms with Crippen molar-refractivity contribution < 1.29 is 9.59 Å². The molecule has 0 spiro atoms. The summed E-state index contributed by atoms with van der Waals surface area (Å²) in [6, 6.07) is 13.7. The van der Waals surface area contributed by atoms with Gasteiger partial charge in [0.2, 0.25) is 11.8 Å². The Morgan fingerprint density at radius 1 is 1.04 bits per heavy atom. The van der Waals surface area contributed by atoms with Crippen molar-refractivity contribution in [2.24, 2.45) is 27.9 Å². The Balaban J connectivity index is 2.01. The average molecular weight is 356 g/mol. The van der Waals surface area contributed by atoms with Gasteiger partial charge in [0.25, 0.3) is 0 Å². The third-order valence-electron chi connectivity index (χ3n) is 4.14. The Kier molecular flexibility index (Phi) is 6.13. The van der Waals surface area contributed by atoms with Gasteiger partial charge in [-0.15, -0.1) is 0 Å². The molecule has 2 amide bonds. The number of benzene rings is 2. The molecular weight excluding hydrogens is 332 g/mol. The number of rotatable bonds is 8. The van der Waals surface area contributed by atoms with Crippen LogP contribution in [0.25, 0.3) is 10.8 Å². The Morgan fingerprint density at radius 2 is 1.73 bits per heavy atom. The van der Waals surface area contributed by atoms with Crippen LogP contribution in [0.15, 0.2) is 47.5 Å². The highest BCUT2D eigenvalue weighted by atomic mass is 16.2. The highest BCUT2D eigenvalue weighted by molar-refractivity contribution is 6.08. The van der Waals surface area contributed by atoms with Crippen LogP contribution in [0, 0.1) is 0 Å². The van der Waals surface area contributed by atoms with Crippen LogP contribution >= 0.6 is 0 Å². The molecule has 0 saturated carbocycles. The number of carbonyl (C=O) groups excluding carboxylic acids is 2. The van der Waals surface area contributed by atoms with Crippen LogP contribution in [0.3, 0.4) is 0 Å². The highest BCUT2D eigenvalue weighted by Gasteiger charge is 2.39. The minimum Gasteiger partial charge on any atom is -0.370 e. The Labute approximate surface area is 151 Å². The second kappa shape index (κ2) is 8.30. The van der Waals surface area contributed by atoms with Gasteiger partial charge in [-0.3, -0.25) is 14.6 Å². The molecule has 26 heavy (non-hydrogen) atoms. The maximum absolute atomic E-state index is 12.4. The lowest BCUT2D eigenvalue weighted by atomic mass is 9.92. The van der Waals surface area contributed by atoms with Crippen LogP contribution in [-0.4, -0.2) is 29.9 Å². The molecular formula is C18H24N6O2. The van der Waals surface area contributed by atoms with E-state index in [9.17, 15) is 9.59 Å². The number of aliphatic imine (C=N–C) groups is 1. The van der Waals surface area contributed by atoms with E-state index >= 15 is 0 Å². The molecule has 0 aliphatic heterocycles. The first-order chi connectivity index (χ1) is 12.3. The van der Waals surface area contributed by atoms with E-state index in [4.69, 9.17) is 22.9 Å². The zero-order valence-corrected chi connectivity index (χ0v) is 14.4. The molecule has 8 heteroatoms. The SMILES string of the molecule is NC(=O)[C@@](N)(CCCN=C(N)N)C(=O)NCc1ccc2ccccc2c1. The molecule has 9 N–H and O–H groups in total. The summed E-state index contributed by atoms with van der Waals surface area (Å²) in [7, 11) is 0. The van der Waals surface area contributed by atoms with Gasteiger partial charge in [-0.25, -0.2) is 0 Å². The molecule has 0 heterocycles. The van der Waals surface area contributed by atoms with Crippen molar-refractivity contribution >= 4 is 28.5 Å². The van der Waals surface area contributed by atoms with Gasteiger partial charge in [0.05, 0.1) is 0 Å². The summed E-state index contributed by atoms with van der Waals surface area (Å²) in [6.45, 7) is 0.496. The molecule has 1 atom stereocenters. The monoisotopic (exact) mass is 356 g/mol. The number of hydrogen-bond acceptors (Lipinski definition) is 4. The number of nitrogens with two attached hydrogens (primary N) is 4. The van der Waals surface area contributed by atoms with Crippen LogP contribution in [0.1, 0.15) is 18.4 Å². The molecule has 2 aromatic rings. The predicted octanol–water partition coefficient (Wildman–Crippen LogP) is -0.308. The Hall–Kier alpha value is -3.13. The van der Waals surface area contributed by atoms with Gasteiger partial charge in [-0.05, 0) is 35.2 Å². The second-order valence-corrected chi connectivity index (χ2v) is 6.11. The number of fused-ring (bicyclic) bond motifs is 1. The maximum Gasteiger partial charge on any atom is 0.250 e. The zero-order valence-electron chi connectivity index (χ0n) is 14.4. The van der Waals surface area contributed by atoms with E-state index in [1.807, 2.05) is 42.5 Å². The van der Waals surface area contributed by atoms with Crippen molar-refractivity contribution in [2.45, 2.75) is 24.9 Å². The van der Waals surface area contributed by atoms with E-state index in [2.05, 4.69) is 10.3 Å². The maximum atomic E-state index is 12.4. The molecule has 0 unspecified atom stereocenters. The van der Waals surface area contributed by atoms with Crippen LogP contribution in [0.4, 0.5) is 0 Å². The molecule has 0 aliphatic carbocycles. The fourth-order valence-electron chi connectivity index (χ4n) is 2.60. The summed E-state index contributed by atoms with van der Waals surface area (Å²) in [5, 5.41) is 4.85. The van der Waals surface area contributed by atoms with Crippen molar-refractivity contribution in [1.29, 1.82) is 0 Å². The molecule has 138 valence electrons. The lowest BCUT2D eigenvalue weighted by Crippen LogP contribution is -2.62. The standard InChI is InChI=1S/C18H24N6O2/c19-15(25)18(22,8-3-9-23-17(20)21)16(26)24-11-12-6-7-13-4-1-2-5-14(13)10-12/h1-2,4-7,10H,3,8-9,11,22H2,(H2,19,25)(H,24,26)(H4,20,21,23)/t18-/m0/s1. The number of amides is 2. The average Bonchev–Trinajstić information content (AvgIpc) is 2.62. The number of carbonyl (C=O) groups is 2. The lowest BCUT2D eigenvalue weighted by Gasteiger charge is -2.24. The van der Waals surface area contributed by atoms with E-state index in [1.54, 1.807) is 0 Å². The van der Waals surface area contributed by atoms with E-state index < -0.39 is 17.4 Å². The topological polar surface area (TPSA) is 163 Å². The summed E-state index contributed by atoms with van der Waals surface area (Å²) in [5.41, 5.74) is 20.9. The summed E-state index contributed by atoms with van der Waals surface area (Å²) in [5.74, 6) is -1.58. The number of primary amides is 1. The summed E-state index contributed by atoms with van der Waals surface area (Å²) in [4.78, 5) is 28.0. The minimum atomic E-state index is -1.81. The molecule has 0 fully saturated rings. The van der Waals surface area contributed by atoms with Gasteiger partial charge < -0.3 is 28.3 Å². The lowest BCUT2D eigenvalue weighted by molar-refractivity contribution is -0.135. The van der Waals surface area contributed by atoms with Crippen LogP contribution in [0.2, 0.25) is 0 Å². The van der Waals surface area contributed by atoms with Gasteiger partial charge in [-0.2, -0.15) is 0 Å². The number of nitrogens with zero attached hydrogens (tertiary/aromatic N) is 1. The third-order valence-corrected chi connectivity index (χ3v) is 4.14. The largest absolute Gasteiger partial charge is 0.370 e. The van der Waals surface area contributed by atoms with Crippen molar-refractivity contribution in [3.63, 3.8) is 0 Å². The second-order valence-electron chi connectivity index (χ2n) is 6.11. The van der Waals surface area contributed by atoms with Crippen LogP contribution in [0.5, 0.6) is 0 Å². The molecule has 8 nitrogen and oxygen atoms in total. The molecule has 0 aliphatic rings. The van der Waals surface area contributed by atoms with Gasteiger partial charge >= 0.3 is 0 Å². The smallest absolute Gasteiger partial charge is 0.250 e. The van der Waals surface area contributed by atoms with Gasteiger partial charge in [0.1, 0.15) is 0 Å². The van der Waals surface area contributed by atoms with Gasteiger partial charge in [-0.1, -0.05) is 36.4 Å². The van der Waals surface area contributed by atoms with E-state index in [1.165, 1.54) is 0 Å². The molecule has 2 rings (SSSR count). The third kappa shape index (κ3) is 4.70. The first-order valence-electron chi connectivity index (χ1n) is 8.23. The zero-order chi connectivity index (χ0) is 19.2. The number of nitrogens with one attached hydrogen (secondary N) is 1. The van der Waals surface area contributed by atoms with Gasteiger partial charge in [0.15, 0.2) is 11.5 Å². The van der Waals surface area contributed by atoms with E-state index in [0.717, 1.165) is 16.3 Å². The van der Waals surface area contributed by atoms with E-state index in [0.29, 0.717) is 6.42 Å². The molecule has 0 radical (unpaired) electrons. The highest BCUT2D eigenvalue weighted by Crippen LogP contribution is 2.16. The van der Waals surface area contributed by atoms with Crippen molar-refractivity contribution in [3.05, 3.63) is 48.0 Å². The van der Waals surface area contributed by atoms with Crippen molar-refractivity contribution in [1.82, 2.24) is 5.32 Å². The predicted molar refractivity (Wildman–Crippen MR) is 102 cm³/mol. The molecule has 2 aromatic carbocycles. The normalized spacial score (nSPS) is 13.0.